The predicted octanol–water partition coefficient (Wildman–Crippen LogP) is 3.25. The maximum Gasteiger partial charge on any atom is 0.354 e. The van der Waals surface area contributed by atoms with Crippen LogP contribution < -0.4 is 5.32 Å². The molecule has 21 heavy (non-hydrogen) atoms. The number of carbonyl (C=O) groups excluding carboxylic acids is 1. The average molecular weight is 307 g/mol. The number of halogens is 1. The first-order valence-electron chi connectivity index (χ1n) is 6.43. The number of aromatic amines is 1. The third-order valence-electron chi connectivity index (χ3n) is 3.02. The zero-order chi connectivity index (χ0) is 15.4. The van der Waals surface area contributed by atoms with Crippen LogP contribution in [0.3, 0.4) is 0 Å². The molecule has 1 aromatic carbocycles. The van der Waals surface area contributed by atoms with Crippen LogP contribution in [-0.2, 0) is 11.2 Å². The van der Waals surface area contributed by atoms with Crippen molar-refractivity contribution in [2.45, 2.75) is 19.8 Å². The van der Waals surface area contributed by atoms with E-state index in [1.165, 1.54) is 0 Å². The second-order valence-electron chi connectivity index (χ2n) is 4.69. The molecule has 0 aliphatic carbocycles. The predicted molar refractivity (Wildman–Crippen MR) is 80.9 cm³/mol. The number of carbonyl (C=O) groups is 2. The van der Waals surface area contributed by atoms with Crippen LogP contribution in [0.15, 0.2) is 30.3 Å². The summed E-state index contributed by atoms with van der Waals surface area (Å²) in [6.45, 7) is 1.73. The van der Waals surface area contributed by atoms with Gasteiger partial charge in [0.15, 0.2) is 0 Å². The van der Waals surface area contributed by atoms with E-state index in [9.17, 15) is 9.59 Å². The van der Waals surface area contributed by atoms with Gasteiger partial charge in [0, 0.05) is 17.1 Å². The van der Waals surface area contributed by atoms with Crippen molar-refractivity contribution >= 4 is 29.2 Å². The van der Waals surface area contributed by atoms with Crippen LogP contribution in [0.4, 0.5) is 5.69 Å². The lowest BCUT2D eigenvalue weighted by Gasteiger charge is -2.06. The Morgan fingerprint density at radius 3 is 2.71 bits per heavy atom. The maximum absolute atomic E-state index is 11.9. The topological polar surface area (TPSA) is 82.2 Å². The van der Waals surface area contributed by atoms with E-state index in [0.717, 1.165) is 5.56 Å². The number of rotatable bonds is 5. The van der Waals surface area contributed by atoms with E-state index in [2.05, 4.69) is 10.3 Å². The Hall–Kier alpha value is -2.27. The summed E-state index contributed by atoms with van der Waals surface area (Å²) in [4.78, 5) is 25.7. The molecule has 0 aliphatic heterocycles. The summed E-state index contributed by atoms with van der Waals surface area (Å²) in [6, 6.07) is 8.91. The summed E-state index contributed by atoms with van der Waals surface area (Å²) in [6.07, 6.45) is 0.727. The number of H-pyrrole nitrogens is 1. The molecule has 0 fully saturated rings. The number of amides is 1. The Kier molecular flexibility index (Phi) is 4.65. The number of anilines is 1. The Morgan fingerprint density at radius 2 is 2.05 bits per heavy atom. The molecule has 0 unspecified atom stereocenters. The Labute approximate surface area is 126 Å². The molecule has 0 aliphatic rings. The van der Waals surface area contributed by atoms with Crippen LogP contribution in [0.25, 0.3) is 0 Å². The second kappa shape index (κ2) is 6.45. The van der Waals surface area contributed by atoms with Gasteiger partial charge in [-0.2, -0.15) is 0 Å². The summed E-state index contributed by atoms with van der Waals surface area (Å²) in [5.41, 5.74) is 1.83. The molecule has 110 valence electrons. The van der Waals surface area contributed by atoms with E-state index >= 15 is 0 Å². The monoisotopic (exact) mass is 306 g/mol. The van der Waals surface area contributed by atoms with Crippen molar-refractivity contribution in [3.63, 3.8) is 0 Å². The molecule has 3 N–H and O–H groups in total. The van der Waals surface area contributed by atoms with Crippen molar-refractivity contribution in [3.8, 4) is 0 Å². The lowest BCUT2D eigenvalue weighted by atomic mass is 10.1. The number of hydrogen-bond acceptors (Lipinski definition) is 2. The van der Waals surface area contributed by atoms with E-state index in [-0.39, 0.29) is 23.7 Å². The molecule has 2 aromatic rings. The molecule has 0 spiro atoms. The molecular weight excluding hydrogens is 292 g/mol. The van der Waals surface area contributed by atoms with Crippen LogP contribution in [0, 0.1) is 6.92 Å². The lowest BCUT2D eigenvalue weighted by Crippen LogP contribution is -2.14. The van der Waals surface area contributed by atoms with Crippen LogP contribution >= 0.6 is 11.6 Å². The molecule has 1 aromatic heterocycles. The van der Waals surface area contributed by atoms with Crippen molar-refractivity contribution in [2.75, 3.05) is 5.32 Å². The van der Waals surface area contributed by atoms with Crippen molar-refractivity contribution in [2.24, 2.45) is 0 Å². The van der Waals surface area contributed by atoms with Gasteiger partial charge in [0.2, 0.25) is 5.91 Å². The van der Waals surface area contributed by atoms with E-state index in [4.69, 9.17) is 16.7 Å². The minimum absolute atomic E-state index is 0.0152. The summed E-state index contributed by atoms with van der Waals surface area (Å²) in [7, 11) is 0. The van der Waals surface area contributed by atoms with Gasteiger partial charge in [0.1, 0.15) is 5.69 Å². The van der Waals surface area contributed by atoms with Crippen LogP contribution in [0.5, 0.6) is 0 Å². The van der Waals surface area contributed by atoms with Crippen LogP contribution in [0.2, 0.25) is 5.02 Å². The molecule has 1 heterocycles. The standard InChI is InChI=1S/C15H15ClN2O3/c1-9-8-12(14(17-9)15(20)21)18-13(19)7-6-10-4-2-3-5-11(10)16/h2-5,8,17H,6-7H2,1H3,(H,18,19)(H,20,21). The number of hydrogen-bond donors (Lipinski definition) is 3. The van der Waals surface area contributed by atoms with Gasteiger partial charge >= 0.3 is 5.97 Å². The Morgan fingerprint density at radius 1 is 1.33 bits per heavy atom. The smallest absolute Gasteiger partial charge is 0.354 e. The van der Waals surface area contributed by atoms with Crippen molar-refractivity contribution in [1.82, 2.24) is 4.98 Å². The maximum atomic E-state index is 11.9. The molecule has 1 amide bonds. The molecule has 5 nitrogen and oxygen atoms in total. The molecule has 0 saturated carbocycles. The van der Waals surface area contributed by atoms with Gasteiger partial charge in [-0.1, -0.05) is 29.8 Å². The number of nitrogens with one attached hydrogen (secondary N) is 2. The molecule has 0 bridgehead atoms. The lowest BCUT2D eigenvalue weighted by molar-refractivity contribution is -0.116. The highest BCUT2D eigenvalue weighted by Crippen LogP contribution is 2.19. The van der Waals surface area contributed by atoms with Gasteiger partial charge in [0.25, 0.3) is 0 Å². The zero-order valence-electron chi connectivity index (χ0n) is 11.4. The third-order valence-corrected chi connectivity index (χ3v) is 3.39. The fourth-order valence-corrected chi connectivity index (χ4v) is 2.25. The van der Waals surface area contributed by atoms with Gasteiger partial charge in [0.05, 0.1) is 5.69 Å². The Bertz CT molecular complexity index is 679. The zero-order valence-corrected chi connectivity index (χ0v) is 12.2. The van der Waals surface area contributed by atoms with Crippen molar-refractivity contribution in [1.29, 1.82) is 0 Å². The van der Waals surface area contributed by atoms with Gasteiger partial charge in [-0.25, -0.2) is 4.79 Å². The van der Waals surface area contributed by atoms with Crippen LogP contribution in [-0.4, -0.2) is 22.0 Å². The third kappa shape index (κ3) is 3.86. The number of benzene rings is 1. The number of carboxylic acids is 1. The number of aromatic nitrogens is 1. The molecule has 0 atom stereocenters. The van der Waals surface area contributed by atoms with Crippen molar-refractivity contribution in [3.05, 3.63) is 52.3 Å². The summed E-state index contributed by atoms with van der Waals surface area (Å²) in [5.74, 6) is -1.36. The van der Waals surface area contributed by atoms with Gasteiger partial charge < -0.3 is 15.4 Å². The van der Waals surface area contributed by atoms with Gasteiger partial charge in [-0.05, 0) is 31.0 Å². The molecule has 6 heteroatoms. The number of carboxylic acid groups (broad SMARTS) is 1. The fourth-order valence-electron chi connectivity index (χ4n) is 2.02. The Balaban J connectivity index is 1.99. The molecular formula is C15H15ClN2O3. The SMILES string of the molecule is Cc1cc(NC(=O)CCc2ccccc2Cl)c(C(=O)O)[nH]1. The fraction of sp³-hybridized carbons (Fsp3) is 0.200. The van der Waals surface area contributed by atoms with E-state index in [0.29, 0.717) is 17.1 Å². The minimum Gasteiger partial charge on any atom is -0.477 e. The van der Waals surface area contributed by atoms with E-state index in [1.807, 2.05) is 18.2 Å². The highest BCUT2D eigenvalue weighted by molar-refractivity contribution is 6.31. The minimum atomic E-state index is -1.11. The highest BCUT2D eigenvalue weighted by Gasteiger charge is 2.15. The summed E-state index contributed by atoms with van der Waals surface area (Å²) >= 11 is 6.02. The summed E-state index contributed by atoms with van der Waals surface area (Å²) < 4.78 is 0. The van der Waals surface area contributed by atoms with Gasteiger partial charge in [-0.15, -0.1) is 0 Å². The normalized spacial score (nSPS) is 10.4. The first-order chi connectivity index (χ1) is 9.97. The first kappa shape index (κ1) is 15.1. The molecule has 0 saturated heterocycles. The second-order valence-corrected chi connectivity index (χ2v) is 5.09. The molecule has 0 radical (unpaired) electrons. The van der Waals surface area contributed by atoms with E-state index < -0.39 is 5.97 Å². The highest BCUT2D eigenvalue weighted by atomic mass is 35.5. The van der Waals surface area contributed by atoms with E-state index in [1.54, 1.807) is 19.1 Å². The summed E-state index contributed by atoms with van der Waals surface area (Å²) in [5, 5.41) is 12.3. The van der Waals surface area contributed by atoms with Gasteiger partial charge in [-0.3, -0.25) is 4.79 Å². The number of aryl methyl sites for hydroxylation is 2. The molecule has 2 rings (SSSR count). The van der Waals surface area contributed by atoms with Crippen LogP contribution in [0.1, 0.15) is 28.2 Å². The first-order valence-corrected chi connectivity index (χ1v) is 6.81. The largest absolute Gasteiger partial charge is 0.477 e. The quantitative estimate of drug-likeness (QED) is 0.793. The van der Waals surface area contributed by atoms with Crippen molar-refractivity contribution < 1.29 is 14.7 Å². The average Bonchev–Trinajstić information content (AvgIpc) is 2.79. The number of aromatic carboxylic acids is 1.